The zero-order valence-electron chi connectivity index (χ0n) is 9.59. The number of hydrogen-bond acceptors (Lipinski definition) is 1. The summed E-state index contributed by atoms with van der Waals surface area (Å²) in [4.78, 5) is 0. The summed E-state index contributed by atoms with van der Waals surface area (Å²) >= 11 is 0. The van der Waals surface area contributed by atoms with Gasteiger partial charge in [0, 0.05) is 11.5 Å². The Morgan fingerprint density at radius 1 is 1.27 bits per heavy atom. The van der Waals surface area contributed by atoms with Crippen LogP contribution in [-0.2, 0) is 5.41 Å². The lowest BCUT2D eigenvalue weighted by molar-refractivity contribution is 0.519. The van der Waals surface area contributed by atoms with Crippen LogP contribution >= 0.6 is 0 Å². The van der Waals surface area contributed by atoms with E-state index >= 15 is 0 Å². The van der Waals surface area contributed by atoms with E-state index in [2.05, 4.69) is 43.6 Å². The Balaban J connectivity index is 1.88. The minimum Gasteiger partial charge on any atom is -0.317 e. The van der Waals surface area contributed by atoms with Crippen molar-refractivity contribution in [1.29, 1.82) is 0 Å². The summed E-state index contributed by atoms with van der Waals surface area (Å²) in [6.07, 6.45) is 4.14. The minimum atomic E-state index is 0.557. The van der Waals surface area contributed by atoms with Crippen molar-refractivity contribution in [2.45, 2.75) is 37.6 Å². The van der Waals surface area contributed by atoms with Crippen molar-refractivity contribution in [1.82, 2.24) is 5.32 Å². The van der Waals surface area contributed by atoms with Gasteiger partial charge >= 0.3 is 0 Å². The van der Waals surface area contributed by atoms with E-state index in [0.717, 1.165) is 12.0 Å². The topological polar surface area (TPSA) is 12.0 Å². The highest BCUT2D eigenvalue weighted by molar-refractivity contribution is 5.38. The van der Waals surface area contributed by atoms with Gasteiger partial charge in [0.2, 0.25) is 0 Å². The quantitative estimate of drug-likeness (QED) is 0.775. The van der Waals surface area contributed by atoms with Gasteiger partial charge in [0.05, 0.1) is 0 Å². The lowest BCUT2D eigenvalue weighted by Crippen LogP contribution is -2.24. The molecule has 0 radical (unpaired) electrons. The molecule has 2 aliphatic rings. The molecule has 2 aliphatic carbocycles. The van der Waals surface area contributed by atoms with Gasteiger partial charge in [0.1, 0.15) is 0 Å². The molecule has 0 amide bonds. The highest BCUT2D eigenvalue weighted by Crippen LogP contribution is 2.64. The minimum absolute atomic E-state index is 0.557. The molecule has 0 aromatic heterocycles. The molecule has 1 aromatic rings. The number of nitrogens with one attached hydrogen (secondary N) is 1. The second-order valence-corrected chi connectivity index (χ2v) is 5.27. The van der Waals surface area contributed by atoms with Gasteiger partial charge in [-0.1, -0.05) is 29.8 Å². The number of rotatable bonds is 2. The lowest BCUT2D eigenvalue weighted by atomic mass is 9.93. The molecular formula is C14H19N. The fourth-order valence-corrected chi connectivity index (χ4v) is 3.47. The predicted molar refractivity (Wildman–Crippen MR) is 63.0 cm³/mol. The van der Waals surface area contributed by atoms with E-state index < -0.39 is 0 Å². The first-order valence-electron chi connectivity index (χ1n) is 6.01. The molecule has 1 nitrogen and oxygen atoms in total. The summed E-state index contributed by atoms with van der Waals surface area (Å²) in [5, 5.41) is 3.46. The van der Waals surface area contributed by atoms with Crippen molar-refractivity contribution >= 4 is 0 Å². The molecule has 1 N–H and O–H groups in total. The fraction of sp³-hybridized carbons (Fsp3) is 0.571. The number of hydrogen-bond donors (Lipinski definition) is 1. The molecular weight excluding hydrogens is 182 g/mol. The van der Waals surface area contributed by atoms with E-state index in [4.69, 9.17) is 0 Å². The van der Waals surface area contributed by atoms with Gasteiger partial charge in [-0.05, 0) is 44.7 Å². The summed E-state index contributed by atoms with van der Waals surface area (Å²) in [5.74, 6) is 0.908. The number of benzene rings is 1. The summed E-state index contributed by atoms with van der Waals surface area (Å²) in [6, 6.07) is 9.96. The maximum Gasteiger partial charge on any atom is 0.0101 e. The SMILES string of the molecule is CNC1CCC2(c3ccc(C)cc3)CC12. The average molecular weight is 201 g/mol. The fourth-order valence-electron chi connectivity index (χ4n) is 3.47. The number of fused-ring (bicyclic) bond motifs is 1. The Kier molecular flexibility index (Phi) is 1.93. The predicted octanol–water partition coefficient (Wildman–Crippen LogP) is 2.63. The molecule has 1 aromatic carbocycles. The molecule has 0 heterocycles. The van der Waals surface area contributed by atoms with Crippen molar-refractivity contribution in [2.24, 2.45) is 5.92 Å². The van der Waals surface area contributed by atoms with Gasteiger partial charge in [-0.2, -0.15) is 0 Å². The van der Waals surface area contributed by atoms with Crippen LogP contribution < -0.4 is 5.32 Å². The summed E-state index contributed by atoms with van der Waals surface area (Å²) < 4.78 is 0. The first-order valence-corrected chi connectivity index (χ1v) is 6.01. The third-order valence-corrected chi connectivity index (χ3v) is 4.52. The third kappa shape index (κ3) is 1.26. The van der Waals surface area contributed by atoms with Crippen molar-refractivity contribution in [2.75, 3.05) is 7.05 Å². The highest BCUT2D eigenvalue weighted by atomic mass is 14.9. The molecule has 80 valence electrons. The Morgan fingerprint density at radius 2 is 2.00 bits per heavy atom. The van der Waals surface area contributed by atoms with Crippen LogP contribution in [0.5, 0.6) is 0 Å². The van der Waals surface area contributed by atoms with Gasteiger partial charge in [0.25, 0.3) is 0 Å². The molecule has 0 aliphatic heterocycles. The van der Waals surface area contributed by atoms with Gasteiger partial charge in [0.15, 0.2) is 0 Å². The van der Waals surface area contributed by atoms with Crippen molar-refractivity contribution in [3.05, 3.63) is 35.4 Å². The molecule has 1 heteroatoms. The Labute approximate surface area is 91.9 Å². The standard InChI is InChI=1S/C14H19N/c1-10-3-5-11(6-4-10)14-8-7-13(15-2)12(14)9-14/h3-6,12-13,15H,7-9H2,1-2H3. The van der Waals surface area contributed by atoms with Crippen LogP contribution in [0.2, 0.25) is 0 Å². The summed E-state index contributed by atoms with van der Waals surface area (Å²) in [5.41, 5.74) is 3.51. The van der Waals surface area contributed by atoms with Crippen molar-refractivity contribution in [3.8, 4) is 0 Å². The molecule has 3 unspecified atom stereocenters. The van der Waals surface area contributed by atoms with E-state index in [1.807, 2.05) is 0 Å². The third-order valence-electron chi connectivity index (χ3n) is 4.52. The van der Waals surface area contributed by atoms with Gasteiger partial charge in [-0.3, -0.25) is 0 Å². The second kappa shape index (κ2) is 3.08. The van der Waals surface area contributed by atoms with Crippen molar-refractivity contribution in [3.63, 3.8) is 0 Å². The normalized spacial score (nSPS) is 37.7. The summed E-state index contributed by atoms with van der Waals surface area (Å²) in [7, 11) is 2.11. The lowest BCUT2D eigenvalue weighted by Gasteiger charge is -2.12. The monoisotopic (exact) mass is 201 g/mol. The maximum atomic E-state index is 3.46. The van der Waals surface area contributed by atoms with E-state index in [1.165, 1.54) is 24.8 Å². The van der Waals surface area contributed by atoms with Gasteiger partial charge < -0.3 is 5.32 Å². The molecule has 0 saturated heterocycles. The van der Waals surface area contributed by atoms with Gasteiger partial charge in [-0.25, -0.2) is 0 Å². The van der Waals surface area contributed by atoms with E-state index in [0.29, 0.717) is 5.41 Å². The Hall–Kier alpha value is -0.820. The zero-order valence-corrected chi connectivity index (χ0v) is 9.59. The Morgan fingerprint density at radius 3 is 2.53 bits per heavy atom. The van der Waals surface area contributed by atoms with Crippen LogP contribution in [0.3, 0.4) is 0 Å². The molecule has 3 atom stereocenters. The molecule has 2 fully saturated rings. The first kappa shape index (κ1) is 9.41. The molecule has 0 spiro atoms. The van der Waals surface area contributed by atoms with Crippen molar-refractivity contribution < 1.29 is 0 Å². The van der Waals surface area contributed by atoms with E-state index in [-0.39, 0.29) is 0 Å². The average Bonchev–Trinajstić information content (AvgIpc) is 2.88. The van der Waals surface area contributed by atoms with Crippen LogP contribution in [0.1, 0.15) is 30.4 Å². The highest BCUT2D eigenvalue weighted by Gasteiger charge is 2.61. The molecule has 3 rings (SSSR count). The van der Waals surface area contributed by atoms with Crippen LogP contribution in [0.25, 0.3) is 0 Å². The molecule has 2 saturated carbocycles. The Bertz CT molecular complexity index is 367. The van der Waals surface area contributed by atoms with Crippen LogP contribution in [0, 0.1) is 12.8 Å². The smallest absolute Gasteiger partial charge is 0.0101 e. The van der Waals surface area contributed by atoms with E-state index in [1.54, 1.807) is 5.56 Å². The van der Waals surface area contributed by atoms with Crippen LogP contribution in [-0.4, -0.2) is 13.1 Å². The summed E-state index contributed by atoms with van der Waals surface area (Å²) in [6.45, 7) is 2.16. The van der Waals surface area contributed by atoms with Crippen LogP contribution in [0.15, 0.2) is 24.3 Å². The molecule has 15 heavy (non-hydrogen) atoms. The first-order chi connectivity index (χ1) is 7.26. The second-order valence-electron chi connectivity index (χ2n) is 5.27. The number of aryl methyl sites for hydroxylation is 1. The maximum absolute atomic E-state index is 3.46. The van der Waals surface area contributed by atoms with E-state index in [9.17, 15) is 0 Å². The zero-order chi connectivity index (χ0) is 10.5. The van der Waals surface area contributed by atoms with Crippen LogP contribution in [0.4, 0.5) is 0 Å². The largest absolute Gasteiger partial charge is 0.317 e. The molecule has 0 bridgehead atoms. The van der Waals surface area contributed by atoms with Gasteiger partial charge in [-0.15, -0.1) is 0 Å².